The quantitative estimate of drug-likeness (QED) is 0.308. The molecule has 0 amide bonds. The molecule has 6 heteroatoms. The van der Waals surface area contributed by atoms with Crippen LogP contribution in [0.25, 0.3) is 0 Å². The van der Waals surface area contributed by atoms with Crippen LogP contribution in [0.5, 0.6) is 0 Å². The van der Waals surface area contributed by atoms with Crippen molar-refractivity contribution in [3.63, 3.8) is 0 Å². The standard InChI is InChI=1S/C21H25F4OSi/c1-2-13-27-14-9-17(10-15-27)20(26-21(23,24)25)11-7-16(8-12-20)18-5-3-4-6-19(18)22/h3-8,11-12,16-17H,2,9-10,13-15H2,1H3. The lowest BCUT2D eigenvalue weighted by molar-refractivity contribution is -0.357. The summed E-state index contributed by atoms with van der Waals surface area (Å²) in [5.41, 5.74) is -1.01. The minimum absolute atomic E-state index is 0.196. The van der Waals surface area contributed by atoms with Crippen molar-refractivity contribution in [2.24, 2.45) is 5.92 Å². The first-order valence-electron chi connectivity index (χ1n) is 9.56. The van der Waals surface area contributed by atoms with Crippen LogP contribution >= 0.6 is 0 Å². The molecule has 1 aromatic rings. The summed E-state index contributed by atoms with van der Waals surface area (Å²) in [4.78, 5) is 0. The Morgan fingerprint density at radius 3 is 2.30 bits per heavy atom. The van der Waals surface area contributed by atoms with Crippen LogP contribution in [0.15, 0.2) is 48.6 Å². The Bertz CT molecular complexity index is 676. The minimum atomic E-state index is -4.71. The summed E-state index contributed by atoms with van der Waals surface area (Å²) in [7, 11) is -0.432. The molecule has 1 saturated heterocycles. The van der Waals surface area contributed by atoms with Gasteiger partial charge in [0, 0.05) is 14.7 Å². The van der Waals surface area contributed by atoms with Gasteiger partial charge in [-0.15, -0.1) is 13.2 Å². The van der Waals surface area contributed by atoms with Gasteiger partial charge in [-0.2, -0.15) is 0 Å². The third-order valence-electron chi connectivity index (χ3n) is 5.62. The predicted molar refractivity (Wildman–Crippen MR) is 100 cm³/mol. The van der Waals surface area contributed by atoms with Crippen molar-refractivity contribution < 1.29 is 22.3 Å². The number of benzene rings is 1. The minimum Gasteiger partial charge on any atom is -0.276 e. The normalized spacial score (nSPS) is 27.2. The fourth-order valence-corrected chi connectivity index (χ4v) is 7.26. The van der Waals surface area contributed by atoms with Gasteiger partial charge in [0.1, 0.15) is 11.4 Å². The highest BCUT2D eigenvalue weighted by molar-refractivity contribution is 6.58. The Morgan fingerprint density at radius 1 is 1.11 bits per heavy atom. The molecule has 1 aromatic carbocycles. The van der Waals surface area contributed by atoms with E-state index in [1.54, 1.807) is 30.4 Å². The number of ether oxygens (including phenoxy) is 1. The zero-order valence-electron chi connectivity index (χ0n) is 15.4. The largest absolute Gasteiger partial charge is 0.523 e. The second-order valence-corrected chi connectivity index (χ2v) is 10.4. The van der Waals surface area contributed by atoms with Crippen molar-refractivity contribution in [2.45, 2.75) is 62.2 Å². The predicted octanol–water partition coefficient (Wildman–Crippen LogP) is 6.63. The van der Waals surface area contributed by atoms with E-state index in [9.17, 15) is 17.6 Å². The molecule has 27 heavy (non-hydrogen) atoms. The lowest BCUT2D eigenvalue weighted by Crippen LogP contribution is -2.45. The lowest BCUT2D eigenvalue weighted by atomic mass is 9.77. The van der Waals surface area contributed by atoms with Crippen molar-refractivity contribution >= 4 is 8.80 Å². The number of halogens is 4. The molecule has 1 radical (unpaired) electrons. The summed E-state index contributed by atoms with van der Waals surface area (Å²) >= 11 is 0. The van der Waals surface area contributed by atoms with Crippen molar-refractivity contribution in [1.82, 2.24) is 0 Å². The van der Waals surface area contributed by atoms with E-state index < -0.39 is 20.8 Å². The molecule has 1 aliphatic carbocycles. The summed E-state index contributed by atoms with van der Waals surface area (Å²) in [5.74, 6) is -0.927. The molecule has 2 aliphatic rings. The molecule has 0 unspecified atom stereocenters. The number of hydrogen-bond acceptors (Lipinski definition) is 1. The molecule has 1 aliphatic heterocycles. The van der Waals surface area contributed by atoms with Crippen LogP contribution in [0, 0.1) is 11.7 Å². The molecule has 0 atom stereocenters. The van der Waals surface area contributed by atoms with Gasteiger partial charge >= 0.3 is 6.36 Å². The van der Waals surface area contributed by atoms with Gasteiger partial charge < -0.3 is 0 Å². The number of allylic oxidation sites excluding steroid dienone is 2. The molecule has 1 heterocycles. The smallest absolute Gasteiger partial charge is 0.276 e. The topological polar surface area (TPSA) is 9.23 Å². The SMILES string of the molecule is CCC[Si]1CCC(C2(OC(F)(F)F)C=CC(c3ccccc3F)C=C2)CC1. The molecular weight excluding hydrogens is 372 g/mol. The van der Waals surface area contributed by atoms with Gasteiger partial charge in [0.05, 0.1) is 0 Å². The fourth-order valence-electron chi connectivity index (χ4n) is 4.29. The third-order valence-corrected chi connectivity index (χ3v) is 8.82. The van der Waals surface area contributed by atoms with Crippen LogP contribution in [0.3, 0.4) is 0 Å². The van der Waals surface area contributed by atoms with Gasteiger partial charge in [-0.25, -0.2) is 4.39 Å². The van der Waals surface area contributed by atoms with Gasteiger partial charge in [0.25, 0.3) is 0 Å². The molecular formula is C21H25F4OSi. The van der Waals surface area contributed by atoms with E-state index in [0.717, 1.165) is 31.4 Å². The second-order valence-electron chi connectivity index (χ2n) is 7.44. The lowest BCUT2D eigenvalue weighted by Gasteiger charge is -2.41. The zero-order valence-corrected chi connectivity index (χ0v) is 16.4. The number of hydrogen-bond donors (Lipinski definition) is 0. The monoisotopic (exact) mass is 397 g/mol. The maximum atomic E-state index is 14.0. The first kappa shape index (κ1) is 20.3. The third kappa shape index (κ3) is 4.91. The zero-order chi connectivity index (χ0) is 19.5. The van der Waals surface area contributed by atoms with Crippen LogP contribution in [-0.4, -0.2) is 20.8 Å². The van der Waals surface area contributed by atoms with Crippen molar-refractivity contribution in [3.8, 4) is 0 Å². The highest BCUT2D eigenvalue weighted by atomic mass is 28.3. The first-order chi connectivity index (χ1) is 12.8. The molecule has 0 bridgehead atoms. The molecule has 0 N–H and O–H groups in total. The average molecular weight is 398 g/mol. The number of rotatable bonds is 5. The van der Waals surface area contributed by atoms with E-state index in [1.165, 1.54) is 24.3 Å². The average Bonchev–Trinajstić information content (AvgIpc) is 2.62. The van der Waals surface area contributed by atoms with Gasteiger partial charge in [0.2, 0.25) is 0 Å². The van der Waals surface area contributed by atoms with E-state index in [4.69, 9.17) is 0 Å². The molecule has 3 rings (SSSR count). The van der Waals surface area contributed by atoms with Gasteiger partial charge in [-0.1, -0.05) is 74.0 Å². The van der Waals surface area contributed by atoms with E-state index in [1.807, 2.05) is 0 Å². The van der Waals surface area contributed by atoms with Crippen LogP contribution in [0.2, 0.25) is 18.1 Å². The summed E-state index contributed by atoms with van der Waals surface area (Å²) in [6.45, 7) is 2.16. The van der Waals surface area contributed by atoms with Crippen molar-refractivity contribution in [3.05, 3.63) is 60.0 Å². The van der Waals surface area contributed by atoms with Crippen molar-refractivity contribution in [2.75, 3.05) is 0 Å². The van der Waals surface area contributed by atoms with E-state index in [-0.39, 0.29) is 17.7 Å². The van der Waals surface area contributed by atoms with Crippen LogP contribution in [-0.2, 0) is 4.74 Å². The molecule has 0 saturated carbocycles. The highest BCUT2D eigenvalue weighted by Crippen LogP contribution is 2.44. The van der Waals surface area contributed by atoms with Gasteiger partial charge in [0.15, 0.2) is 0 Å². The van der Waals surface area contributed by atoms with Crippen LogP contribution in [0.4, 0.5) is 17.6 Å². The Morgan fingerprint density at radius 2 is 1.74 bits per heavy atom. The summed E-state index contributed by atoms with van der Waals surface area (Å²) in [6.07, 6.45) is 4.27. The Labute approximate surface area is 159 Å². The van der Waals surface area contributed by atoms with Gasteiger partial charge in [-0.3, -0.25) is 4.74 Å². The fraction of sp³-hybridized carbons (Fsp3) is 0.524. The second kappa shape index (κ2) is 8.31. The maximum absolute atomic E-state index is 14.0. The molecule has 0 spiro atoms. The number of alkyl halides is 3. The van der Waals surface area contributed by atoms with E-state index >= 15 is 0 Å². The highest BCUT2D eigenvalue weighted by Gasteiger charge is 2.47. The Balaban J connectivity index is 1.81. The molecule has 1 nitrogen and oxygen atoms in total. The first-order valence-corrected chi connectivity index (χ1v) is 11.7. The maximum Gasteiger partial charge on any atom is 0.523 e. The summed E-state index contributed by atoms with van der Waals surface area (Å²) in [6, 6.07) is 9.65. The van der Waals surface area contributed by atoms with Gasteiger partial charge in [-0.05, 0) is 30.4 Å². The molecule has 147 valence electrons. The Kier molecular flexibility index (Phi) is 6.26. The van der Waals surface area contributed by atoms with E-state index in [0.29, 0.717) is 5.56 Å². The Hall–Kier alpha value is -1.40. The van der Waals surface area contributed by atoms with Crippen LogP contribution < -0.4 is 0 Å². The van der Waals surface area contributed by atoms with E-state index in [2.05, 4.69) is 11.7 Å². The molecule has 0 aromatic heterocycles. The molecule has 1 fully saturated rings. The van der Waals surface area contributed by atoms with Crippen molar-refractivity contribution in [1.29, 1.82) is 0 Å². The summed E-state index contributed by atoms with van der Waals surface area (Å²) in [5, 5.41) is 0. The summed E-state index contributed by atoms with van der Waals surface area (Å²) < 4.78 is 58.2. The van der Waals surface area contributed by atoms with Crippen LogP contribution in [0.1, 0.15) is 37.7 Å².